The first-order chi connectivity index (χ1) is 14.2. The van der Waals surface area contributed by atoms with Gasteiger partial charge in [-0.2, -0.15) is 0 Å². The van der Waals surface area contributed by atoms with Crippen molar-refractivity contribution in [1.29, 1.82) is 0 Å². The molecule has 0 unspecified atom stereocenters. The molecule has 0 radical (unpaired) electrons. The molecule has 1 fully saturated rings. The predicted molar refractivity (Wildman–Crippen MR) is 108 cm³/mol. The summed E-state index contributed by atoms with van der Waals surface area (Å²) in [5, 5.41) is 11.2. The number of rotatable bonds is 3. The number of H-pyrrole nitrogens is 1. The first kappa shape index (κ1) is 17.5. The van der Waals surface area contributed by atoms with Crippen LogP contribution in [0.4, 0.5) is 0 Å². The molecule has 1 aliphatic rings. The molecule has 1 aliphatic heterocycles. The van der Waals surface area contributed by atoms with Gasteiger partial charge in [-0.15, -0.1) is 5.10 Å². The minimum absolute atomic E-state index is 0.00117. The van der Waals surface area contributed by atoms with Crippen LogP contribution in [0.15, 0.2) is 48.8 Å². The van der Waals surface area contributed by atoms with Gasteiger partial charge in [-0.3, -0.25) is 4.79 Å². The zero-order valence-electron chi connectivity index (χ0n) is 16.1. The predicted octanol–water partition coefficient (Wildman–Crippen LogP) is 3.21. The van der Waals surface area contributed by atoms with Crippen LogP contribution in [0.25, 0.3) is 16.7 Å². The highest BCUT2D eigenvalue weighted by Gasteiger charge is 2.31. The summed E-state index contributed by atoms with van der Waals surface area (Å²) in [6.07, 6.45) is 4.49. The number of hydrogen-bond donors (Lipinski definition) is 1. The maximum absolute atomic E-state index is 13.4. The number of aromatic amines is 1. The Morgan fingerprint density at radius 3 is 2.97 bits per heavy atom. The van der Waals surface area contributed by atoms with Crippen molar-refractivity contribution in [2.45, 2.75) is 32.2 Å². The van der Waals surface area contributed by atoms with Crippen LogP contribution in [0, 0.1) is 6.92 Å². The van der Waals surface area contributed by atoms with E-state index < -0.39 is 0 Å². The van der Waals surface area contributed by atoms with Crippen LogP contribution < -0.4 is 0 Å². The minimum atomic E-state index is -0.0550. The maximum atomic E-state index is 13.4. The molecule has 8 heteroatoms. The monoisotopic (exact) mass is 387 g/mol. The van der Waals surface area contributed by atoms with Gasteiger partial charge in [-0.1, -0.05) is 12.1 Å². The molecule has 5 rings (SSSR count). The maximum Gasteiger partial charge on any atom is 0.254 e. The summed E-state index contributed by atoms with van der Waals surface area (Å²) in [4.78, 5) is 23.6. The number of carbonyl (C=O) groups excluding carboxylic acids is 1. The molecule has 0 aliphatic carbocycles. The van der Waals surface area contributed by atoms with Gasteiger partial charge in [-0.25, -0.2) is 9.67 Å². The number of hydrogen-bond acceptors (Lipinski definition) is 5. The number of nitrogens with one attached hydrogen (secondary N) is 1. The van der Waals surface area contributed by atoms with Crippen molar-refractivity contribution in [2.75, 3.05) is 6.54 Å². The number of fused-ring (bicyclic) bond motifs is 1. The quantitative estimate of drug-likeness (QED) is 0.583. The minimum Gasteiger partial charge on any atom is -0.340 e. The van der Waals surface area contributed by atoms with E-state index >= 15 is 0 Å². The first-order valence-corrected chi connectivity index (χ1v) is 9.80. The number of imidazole rings is 1. The van der Waals surface area contributed by atoms with Gasteiger partial charge in [0.05, 0.1) is 22.8 Å². The molecule has 4 aromatic rings. The molecule has 146 valence electrons. The number of likely N-dealkylation sites (tertiary alicyclic amines) is 1. The van der Waals surface area contributed by atoms with Crippen LogP contribution in [-0.2, 0) is 0 Å². The third-order valence-corrected chi connectivity index (χ3v) is 5.44. The largest absolute Gasteiger partial charge is 0.340 e. The number of aromatic nitrogens is 6. The van der Waals surface area contributed by atoms with Gasteiger partial charge in [-0.05, 0) is 72.5 Å². The van der Waals surface area contributed by atoms with Crippen molar-refractivity contribution in [2.24, 2.45) is 0 Å². The molecule has 2 aromatic heterocycles. The fourth-order valence-electron chi connectivity index (χ4n) is 3.99. The average Bonchev–Trinajstić information content (AvgIpc) is 3.43. The topological polar surface area (TPSA) is 92.6 Å². The Labute approximate surface area is 167 Å². The lowest BCUT2D eigenvalue weighted by Gasteiger charge is -2.34. The summed E-state index contributed by atoms with van der Waals surface area (Å²) < 4.78 is 1.55. The first-order valence-electron chi connectivity index (χ1n) is 9.80. The average molecular weight is 387 g/mol. The third-order valence-electron chi connectivity index (χ3n) is 5.44. The van der Waals surface area contributed by atoms with Gasteiger partial charge in [0.15, 0.2) is 0 Å². The number of benzene rings is 2. The molecule has 8 nitrogen and oxygen atoms in total. The molecule has 2 aromatic carbocycles. The van der Waals surface area contributed by atoms with E-state index in [2.05, 4.69) is 39.6 Å². The Balaban J connectivity index is 1.48. The number of tetrazole rings is 1. The van der Waals surface area contributed by atoms with Crippen molar-refractivity contribution in [3.63, 3.8) is 0 Å². The lowest BCUT2D eigenvalue weighted by molar-refractivity contribution is 0.0601. The molecule has 1 N–H and O–H groups in total. The van der Waals surface area contributed by atoms with E-state index in [1.165, 1.54) is 11.9 Å². The van der Waals surface area contributed by atoms with E-state index in [0.29, 0.717) is 12.1 Å². The van der Waals surface area contributed by atoms with Crippen LogP contribution in [-0.4, -0.2) is 47.5 Å². The van der Waals surface area contributed by atoms with E-state index in [-0.39, 0.29) is 11.9 Å². The summed E-state index contributed by atoms with van der Waals surface area (Å²) in [6.45, 7) is 2.78. The highest BCUT2D eigenvalue weighted by molar-refractivity contribution is 5.95. The lowest BCUT2D eigenvalue weighted by Crippen LogP contribution is -2.39. The van der Waals surface area contributed by atoms with Crippen molar-refractivity contribution < 1.29 is 4.79 Å². The van der Waals surface area contributed by atoms with Crippen molar-refractivity contribution in [3.8, 4) is 5.69 Å². The third kappa shape index (κ3) is 3.26. The highest BCUT2D eigenvalue weighted by Crippen LogP contribution is 2.32. The second kappa shape index (κ2) is 7.12. The van der Waals surface area contributed by atoms with Crippen LogP contribution in [0.3, 0.4) is 0 Å². The summed E-state index contributed by atoms with van der Waals surface area (Å²) in [5.74, 6) is 0.858. The van der Waals surface area contributed by atoms with Gasteiger partial charge < -0.3 is 9.88 Å². The standard InChI is InChI=1S/C21H21N7O/c1-14-8-9-17-18(11-14)24-20(23-17)19-7-2-3-10-27(19)21(29)15-5-4-6-16(12-15)28-13-22-25-26-28/h4-6,8-9,11-13,19H,2-3,7,10H2,1H3,(H,23,24)/t19-/m0/s1. The van der Waals surface area contributed by atoms with Gasteiger partial charge in [0.2, 0.25) is 0 Å². The van der Waals surface area contributed by atoms with Gasteiger partial charge in [0.1, 0.15) is 12.2 Å². The lowest BCUT2D eigenvalue weighted by atomic mass is 10.00. The van der Waals surface area contributed by atoms with Crippen LogP contribution >= 0.6 is 0 Å². The van der Waals surface area contributed by atoms with E-state index in [1.807, 2.05) is 35.2 Å². The Morgan fingerprint density at radius 1 is 1.17 bits per heavy atom. The fourth-order valence-corrected chi connectivity index (χ4v) is 3.99. The summed E-state index contributed by atoms with van der Waals surface area (Å²) in [6, 6.07) is 13.5. The van der Waals surface area contributed by atoms with Crippen LogP contribution in [0.1, 0.15) is 47.1 Å². The van der Waals surface area contributed by atoms with E-state index in [9.17, 15) is 4.79 Å². The molecule has 1 saturated heterocycles. The molecule has 0 bridgehead atoms. The zero-order valence-corrected chi connectivity index (χ0v) is 16.1. The second-order valence-electron chi connectivity index (χ2n) is 7.46. The van der Waals surface area contributed by atoms with Crippen LogP contribution in [0.2, 0.25) is 0 Å². The van der Waals surface area contributed by atoms with E-state index in [1.54, 1.807) is 4.68 Å². The number of nitrogens with zero attached hydrogens (tertiary/aromatic N) is 6. The Bertz CT molecular complexity index is 1160. The number of piperidine rings is 1. The molecule has 29 heavy (non-hydrogen) atoms. The normalized spacial score (nSPS) is 17.0. The summed E-state index contributed by atoms with van der Waals surface area (Å²) in [7, 11) is 0. The zero-order chi connectivity index (χ0) is 19.8. The molecular formula is C21H21N7O. The van der Waals surface area contributed by atoms with Crippen molar-refractivity contribution in [1.82, 2.24) is 35.1 Å². The van der Waals surface area contributed by atoms with Gasteiger partial charge >= 0.3 is 0 Å². The van der Waals surface area contributed by atoms with Crippen LogP contribution in [0.5, 0.6) is 0 Å². The summed E-state index contributed by atoms with van der Waals surface area (Å²) in [5.41, 5.74) is 4.51. The SMILES string of the molecule is Cc1ccc2nc([C@@H]3CCCCN3C(=O)c3cccc(-n4cnnn4)c3)[nH]c2c1. The number of carbonyl (C=O) groups is 1. The van der Waals surface area contributed by atoms with Gasteiger partial charge in [0.25, 0.3) is 5.91 Å². The molecule has 1 amide bonds. The van der Waals surface area contributed by atoms with E-state index in [4.69, 9.17) is 4.98 Å². The smallest absolute Gasteiger partial charge is 0.254 e. The second-order valence-corrected chi connectivity index (χ2v) is 7.46. The molecule has 1 atom stereocenters. The Hall–Kier alpha value is -3.55. The number of amides is 1. The van der Waals surface area contributed by atoms with Crippen molar-refractivity contribution in [3.05, 3.63) is 65.7 Å². The Kier molecular flexibility index (Phi) is 4.31. The van der Waals surface area contributed by atoms with Gasteiger partial charge in [0, 0.05) is 12.1 Å². The fraction of sp³-hybridized carbons (Fsp3) is 0.286. The van der Waals surface area contributed by atoms with E-state index in [0.717, 1.165) is 41.8 Å². The molecule has 3 heterocycles. The molecule has 0 saturated carbocycles. The summed E-state index contributed by atoms with van der Waals surface area (Å²) >= 11 is 0. The Morgan fingerprint density at radius 2 is 2.10 bits per heavy atom. The molecule has 0 spiro atoms. The number of aryl methyl sites for hydroxylation is 1. The highest BCUT2D eigenvalue weighted by atomic mass is 16.2. The molecular weight excluding hydrogens is 366 g/mol. The van der Waals surface area contributed by atoms with Crippen molar-refractivity contribution >= 4 is 16.9 Å².